The van der Waals surface area contributed by atoms with Crippen LogP contribution in [0.15, 0.2) is 89.9 Å². The van der Waals surface area contributed by atoms with Gasteiger partial charge in [0.25, 0.3) is 0 Å². The molecule has 3 aromatic carbocycles. The smallest absolute Gasteiger partial charge is 0.243 e. The highest BCUT2D eigenvalue weighted by Gasteiger charge is 2.37. The summed E-state index contributed by atoms with van der Waals surface area (Å²) in [5.74, 6) is -0.984. The van der Waals surface area contributed by atoms with Crippen LogP contribution in [-0.2, 0) is 20.8 Å². The monoisotopic (exact) mass is 734 g/mol. The normalized spacial score (nSPS) is 16.8. The summed E-state index contributed by atoms with van der Waals surface area (Å²) in [6.45, 7) is 0.308. The minimum Gasteiger partial charge on any atom is -0.384 e. The molecule has 10 N–H and O–H groups in total. The van der Waals surface area contributed by atoms with Crippen molar-refractivity contribution in [3.63, 3.8) is 0 Å². The van der Waals surface area contributed by atoms with Gasteiger partial charge < -0.3 is 33.2 Å². The van der Waals surface area contributed by atoms with Crippen molar-refractivity contribution in [3.8, 4) is 0 Å². The first-order valence-electron chi connectivity index (χ1n) is 19.7. The molecule has 288 valence electrons. The van der Waals surface area contributed by atoms with Crippen molar-refractivity contribution >= 4 is 29.5 Å². The number of guanidine groups is 1. The molecule has 0 spiro atoms. The van der Waals surface area contributed by atoms with Gasteiger partial charge in [-0.15, -0.1) is 0 Å². The topological polar surface area (TPSA) is 202 Å². The Hall–Kier alpha value is -5.19. The summed E-state index contributed by atoms with van der Waals surface area (Å²) in [5, 5.41) is 17.3. The molecular weight excluding hydrogens is 677 g/mol. The van der Waals surface area contributed by atoms with Gasteiger partial charge in [-0.2, -0.15) is 0 Å². The Bertz CT molecular complexity index is 1640. The van der Waals surface area contributed by atoms with Crippen LogP contribution in [0.2, 0.25) is 0 Å². The number of nitrogens with two attached hydrogens (primary N) is 3. The highest BCUT2D eigenvalue weighted by Crippen LogP contribution is 2.34. The Labute approximate surface area is 319 Å². The van der Waals surface area contributed by atoms with Gasteiger partial charge >= 0.3 is 0 Å². The summed E-state index contributed by atoms with van der Waals surface area (Å²) < 4.78 is 0. The number of nitrogens with one attached hydrogen (secondary N) is 4. The first-order valence-corrected chi connectivity index (χ1v) is 19.7. The molecular formula is C43H58N8O3. The van der Waals surface area contributed by atoms with Gasteiger partial charge in [0.1, 0.15) is 17.9 Å². The fraction of sp³-hybridized carbons (Fsp3) is 0.465. The third-order valence-electron chi connectivity index (χ3n) is 11.1. The van der Waals surface area contributed by atoms with E-state index >= 15 is 0 Å². The molecule has 0 bridgehead atoms. The lowest BCUT2D eigenvalue weighted by atomic mass is 9.76. The van der Waals surface area contributed by atoms with E-state index in [1.807, 2.05) is 84.9 Å². The van der Waals surface area contributed by atoms with Gasteiger partial charge in [-0.05, 0) is 73.5 Å². The van der Waals surface area contributed by atoms with Crippen LogP contribution in [0.5, 0.6) is 0 Å². The lowest BCUT2D eigenvalue weighted by Crippen LogP contribution is -2.57. The van der Waals surface area contributed by atoms with E-state index in [1.165, 1.54) is 0 Å². The van der Waals surface area contributed by atoms with Gasteiger partial charge in [0.05, 0.1) is 6.04 Å². The van der Waals surface area contributed by atoms with E-state index in [4.69, 9.17) is 22.6 Å². The summed E-state index contributed by atoms with van der Waals surface area (Å²) in [6, 6.07) is 24.9. The molecule has 3 amide bonds. The lowest BCUT2D eigenvalue weighted by molar-refractivity contribution is -0.135. The summed E-state index contributed by atoms with van der Waals surface area (Å²) in [5.41, 5.74) is 20.3. The maximum atomic E-state index is 14.5. The molecule has 11 nitrogen and oxygen atoms in total. The number of nitrogens with zero attached hydrogens (tertiary/aromatic N) is 1. The number of hydrogen-bond acceptors (Lipinski definition) is 5. The van der Waals surface area contributed by atoms with Gasteiger partial charge in [-0.3, -0.25) is 24.8 Å². The zero-order valence-electron chi connectivity index (χ0n) is 31.4. The summed E-state index contributed by atoms with van der Waals surface area (Å²) in [7, 11) is 0. The zero-order valence-corrected chi connectivity index (χ0v) is 31.4. The predicted molar refractivity (Wildman–Crippen MR) is 214 cm³/mol. The average molecular weight is 735 g/mol. The Morgan fingerprint density at radius 2 is 1.22 bits per heavy atom. The van der Waals surface area contributed by atoms with Gasteiger partial charge in [0.15, 0.2) is 5.96 Å². The number of rotatable bonds is 17. The molecule has 54 heavy (non-hydrogen) atoms. The van der Waals surface area contributed by atoms with Crippen LogP contribution in [0.25, 0.3) is 0 Å². The van der Waals surface area contributed by atoms with Crippen LogP contribution < -0.4 is 33.2 Å². The van der Waals surface area contributed by atoms with E-state index in [9.17, 15) is 14.4 Å². The van der Waals surface area contributed by atoms with E-state index < -0.39 is 18.1 Å². The van der Waals surface area contributed by atoms with Crippen molar-refractivity contribution in [3.05, 3.63) is 107 Å². The van der Waals surface area contributed by atoms with Crippen LogP contribution in [-0.4, -0.2) is 48.1 Å². The number of amides is 3. The number of amidine groups is 1. The standard InChI is InChI=1S/C43H58N8O3/c44-39(45)34-25-23-29(24-26-34)28-35(30-14-5-1-6-15-30)40(52)51-38(33-20-11-4-12-21-33)42(54)49-36(22-13-27-48-43(46)47)41(53)50-37(31-16-7-2-8-17-31)32-18-9-3-10-19-32/h2-3,7-10,16-19,23-26,30,33,35-38H,1,4-6,11-15,20-22,27-28H2,(H3,44,45)(H,49,54)(H,50,53)(H,51,52)(H4,46,47,48)/t35?,36-,38?/m0/s1. The molecule has 0 aromatic heterocycles. The Morgan fingerprint density at radius 3 is 1.76 bits per heavy atom. The Balaban J connectivity index is 1.39. The lowest BCUT2D eigenvalue weighted by Gasteiger charge is -2.35. The first-order chi connectivity index (χ1) is 26.2. The van der Waals surface area contributed by atoms with Crippen LogP contribution in [0.3, 0.4) is 0 Å². The van der Waals surface area contributed by atoms with E-state index in [2.05, 4.69) is 20.9 Å². The number of benzene rings is 3. The fourth-order valence-corrected chi connectivity index (χ4v) is 8.14. The molecule has 5 rings (SSSR count). The third kappa shape index (κ3) is 11.7. The predicted octanol–water partition coefficient (Wildman–Crippen LogP) is 5.22. The average Bonchev–Trinajstić information content (AvgIpc) is 3.20. The summed E-state index contributed by atoms with van der Waals surface area (Å²) in [6.07, 6.45) is 11.2. The first kappa shape index (κ1) is 40.0. The maximum absolute atomic E-state index is 14.5. The van der Waals surface area contributed by atoms with Crippen molar-refractivity contribution in [2.24, 2.45) is 39.9 Å². The van der Waals surface area contributed by atoms with Gasteiger partial charge in [0.2, 0.25) is 17.7 Å². The minimum atomic E-state index is -0.890. The molecule has 2 unspecified atom stereocenters. The van der Waals surface area contributed by atoms with Crippen molar-refractivity contribution in [2.45, 2.75) is 102 Å². The Morgan fingerprint density at radius 1 is 0.667 bits per heavy atom. The summed E-state index contributed by atoms with van der Waals surface area (Å²) in [4.78, 5) is 47.3. The van der Waals surface area contributed by atoms with E-state index in [0.29, 0.717) is 31.4 Å². The number of aliphatic imine (C=N–C) groups is 1. The van der Waals surface area contributed by atoms with Gasteiger partial charge in [-0.25, -0.2) is 0 Å². The minimum absolute atomic E-state index is 0.00309. The van der Waals surface area contributed by atoms with E-state index in [1.54, 1.807) is 0 Å². The number of carbonyl (C=O) groups is 3. The molecule has 2 saturated carbocycles. The second kappa shape index (κ2) is 20.3. The largest absolute Gasteiger partial charge is 0.384 e. The van der Waals surface area contributed by atoms with E-state index in [-0.39, 0.29) is 47.3 Å². The molecule has 3 atom stereocenters. The van der Waals surface area contributed by atoms with Crippen LogP contribution in [0.4, 0.5) is 0 Å². The highest BCUT2D eigenvalue weighted by molar-refractivity contribution is 5.95. The highest BCUT2D eigenvalue weighted by atomic mass is 16.2. The molecule has 2 fully saturated rings. The maximum Gasteiger partial charge on any atom is 0.243 e. The molecule has 0 heterocycles. The van der Waals surface area contributed by atoms with Crippen molar-refractivity contribution in [2.75, 3.05) is 6.54 Å². The molecule has 2 aliphatic carbocycles. The SMILES string of the molecule is N=C(N)c1ccc(CC(C(=O)NC(C(=O)N[C@@H](CCCN=C(N)N)C(=O)NC(c2ccccc2)c2ccccc2)C2CCCCC2)C2CCCCC2)cc1. The summed E-state index contributed by atoms with van der Waals surface area (Å²) >= 11 is 0. The quantitative estimate of drug-likeness (QED) is 0.0563. The zero-order chi connectivity index (χ0) is 38.3. The second-order valence-corrected chi connectivity index (χ2v) is 15.0. The molecule has 0 aliphatic heterocycles. The molecule has 0 radical (unpaired) electrons. The van der Waals surface area contributed by atoms with Gasteiger partial charge in [0, 0.05) is 18.0 Å². The molecule has 0 saturated heterocycles. The van der Waals surface area contributed by atoms with Crippen molar-refractivity contribution < 1.29 is 14.4 Å². The van der Waals surface area contributed by atoms with Crippen LogP contribution in [0.1, 0.15) is 105 Å². The molecule has 2 aliphatic rings. The molecule has 3 aromatic rings. The number of carbonyl (C=O) groups excluding carboxylic acids is 3. The van der Waals surface area contributed by atoms with Crippen LogP contribution in [0, 0.1) is 23.2 Å². The van der Waals surface area contributed by atoms with Crippen molar-refractivity contribution in [1.29, 1.82) is 5.41 Å². The van der Waals surface area contributed by atoms with E-state index in [0.717, 1.165) is 80.9 Å². The number of nitrogen functional groups attached to an aromatic ring is 1. The second-order valence-electron chi connectivity index (χ2n) is 15.0. The molecule has 11 heteroatoms. The third-order valence-corrected chi connectivity index (χ3v) is 11.1. The fourth-order valence-electron chi connectivity index (χ4n) is 8.14. The Kier molecular flexibility index (Phi) is 15.1. The van der Waals surface area contributed by atoms with Crippen LogP contribution >= 0.6 is 0 Å². The van der Waals surface area contributed by atoms with Gasteiger partial charge in [-0.1, -0.05) is 123 Å². The van der Waals surface area contributed by atoms with Crippen molar-refractivity contribution in [1.82, 2.24) is 16.0 Å². The number of hydrogen-bond donors (Lipinski definition) is 7.